The highest BCUT2D eigenvalue weighted by Crippen LogP contribution is 2.29. The minimum Gasteiger partial charge on any atom is -0.481 e. The lowest BCUT2D eigenvalue weighted by Crippen LogP contribution is -2.46. The van der Waals surface area contributed by atoms with Gasteiger partial charge in [0.25, 0.3) is 0 Å². The van der Waals surface area contributed by atoms with E-state index in [2.05, 4.69) is 0 Å². The molecule has 0 aromatic rings. The van der Waals surface area contributed by atoms with Gasteiger partial charge in [-0.25, -0.2) is 0 Å². The van der Waals surface area contributed by atoms with Crippen LogP contribution in [0.3, 0.4) is 0 Å². The molecule has 1 saturated heterocycles. The van der Waals surface area contributed by atoms with Crippen LogP contribution in [-0.4, -0.2) is 35.6 Å². The molecule has 0 aromatic heterocycles. The van der Waals surface area contributed by atoms with Gasteiger partial charge in [-0.2, -0.15) is 5.26 Å². The van der Waals surface area contributed by atoms with E-state index in [1.807, 2.05) is 11.0 Å². The number of nitriles is 1. The summed E-state index contributed by atoms with van der Waals surface area (Å²) in [6, 6.07) is 2.05. The summed E-state index contributed by atoms with van der Waals surface area (Å²) in [5, 5.41) is 17.5. The third kappa shape index (κ3) is 2.19. The van der Waals surface area contributed by atoms with E-state index < -0.39 is 11.4 Å². The molecule has 1 fully saturated rings. The van der Waals surface area contributed by atoms with Crippen LogP contribution in [0.15, 0.2) is 0 Å². The predicted octanol–water partition coefficient (Wildman–Crippen LogP) is 0.697. The minimum atomic E-state index is -0.755. The molecule has 4 heteroatoms. The zero-order valence-electron chi connectivity index (χ0n) is 7.79. The molecule has 72 valence electrons. The van der Waals surface area contributed by atoms with Crippen molar-refractivity contribution in [3.05, 3.63) is 0 Å². The van der Waals surface area contributed by atoms with Gasteiger partial charge >= 0.3 is 5.97 Å². The summed E-state index contributed by atoms with van der Waals surface area (Å²) in [5.74, 6) is -0.755. The van der Waals surface area contributed by atoms with Crippen LogP contribution in [0.4, 0.5) is 0 Å². The van der Waals surface area contributed by atoms with Crippen LogP contribution in [0, 0.1) is 16.7 Å². The Labute approximate surface area is 77.8 Å². The standard InChI is InChI=1S/C9H14N2O2/c1-9(8(12)13)3-2-5-11(7-9)6-4-10/h2-3,5-7H2,1H3,(H,12,13). The number of carbonyl (C=O) groups is 1. The van der Waals surface area contributed by atoms with Gasteiger partial charge in [0.1, 0.15) is 0 Å². The van der Waals surface area contributed by atoms with Gasteiger partial charge in [0.2, 0.25) is 0 Å². The summed E-state index contributed by atoms with van der Waals surface area (Å²) in [4.78, 5) is 12.8. The molecule has 0 amide bonds. The number of carboxylic acid groups (broad SMARTS) is 1. The van der Waals surface area contributed by atoms with Crippen molar-refractivity contribution in [2.45, 2.75) is 19.8 Å². The van der Waals surface area contributed by atoms with Crippen LogP contribution in [0.25, 0.3) is 0 Å². The topological polar surface area (TPSA) is 64.3 Å². The van der Waals surface area contributed by atoms with Crippen molar-refractivity contribution in [1.82, 2.24) is 4.90 Å². The largest absolute Gasteiger partial charge is 0.481 e. The summed E-state index contributed by atoms with van der Waals surface area (Å²) < 4.78 is 0. The van der Waals surface area contributed by atoms with Crippen molar-refractivity contribution < 1.29 is 9.90 Å². The molecule has 1 aliphatic heterocycles. The predicted molar refractivity (Wildman–Crippen MR) is 47.0 cm³/mol. The molecule has 1 atom stereocenters. The van der Waals surface area contributed by atoms with E-state index >= 15 is 0 Å². The van der Waals surface area contributed by atoms with E-state index in [-0.39, 0.29) is 0 Å². The van der Waals surface area contributed by atoms with Crippen molar-refractivity contribution in [2.24, 2.45) is 5.41 Å². The van der Waals surface area contributed by atoms with Crippen LogP contribution in [0.5, 0.6) is 0 Å². The number of piperidine rings is 1. The minimum absolute atomic E-state index is 0.336. The molecule has 1 unspecified atom stereocenters. The van der Waals surface area contributed by atoms with Gasteiger partial charge < -0.3 is 5.11 Å². The molecular formula is C9H14N2O2. The number of hydrogen-bond acceptors (Lipinski definition) is 3. The van der Waals surface area contributed by atoms with Gasteiger partial charge in [-0.1, -0.05) is 0 Å². The first-order chi connectivity index (χ1) is 6.08. The van der Waals surface area contributed by atoms with Crippen LogP contribution >= 0.6 is 0 Å². The van der Waals surface area contributed by atoms with Crippen LogP contribution in [0.2, 0.25) is 0 Å². The molecule has 1 N–H and O–H groups in total. The second-order valence-electron chi connectivity index (χ2n) is 3.84. The van der Waals surface area contributed by atoms with Gasteiger partial charge in [-0.3, -0.25) is 9.69 Å². The first-order valence-electron chi connectivity index (χ1n) is 4.41. The maximum absolute atomic E-state index is 10.9. The van der Waals surface area contributed by atoms with Crippen molar-refractivity contribution in [2.75, 3.05) is 19.6 Å². The second kappa shape index (κ2) is 3.75. The molecular weight excluding hydrogens is 168 g/mol. The summed E-state index contributed by atoms with van der Waals surface area (Å²) in [5.41, 5.74) is -0.658. The summed E-state index contributed by atoms with van der Waals surface area (Å²) >= 11 is 0. The van der Waals surface area contributed by atoms with Crippen molar-refractivity contribution in [3.63, 3.8) is 0 Å². The first kappa shape index (κ1) is 10.0. The summed E-state index contributed by atoms with van der Waals surface area (Å²) in [6.45, 7) is 3.42. The van der Waals surface area contributed by atoms with E-state index in [1.165, 1.54) is 0 Å². The van der Waals surface area contributed by atoms with E-state index in [1.54, 1.807) is 6.92 Å². The van der Waals surface area contributed by atoms with Crippen LogP contribution in [-0.2, 0) is 4.79 Å². The highest BCUT2D eigenvalue weighted by molar-refractivity contribution is 5.74. The monoisotopic (exact) mass is 182 g/mol. The summed E-state index contributed by atoms with van der Waals surface area (Å²) in [6.07, 6.45) is 1.58. The van der Waals surface area contributed by atoms with Gasteiger partial charge in [-0.05, 0) is 26.3 Å². The highest BCUT2D eigenvalue weighted by Gasteiger charge is 2.37. The zero-order chi connectivity index (χ0) is 9.90. The number of likely N-dealkylation sites (tertiary alicyclic amines) is 1. The van der Waals surface area contributed by atoms with E-state index in [0.29, 0.717) is 19.5 Å². The maximum Gasteiger partial charge on any atom is 0.310 e. The Bertz CT molecular complexity index is 246. The molecule has 0 bridgehead atoms. The van der Waals surface area contributed by atoms with Gasteiger partial charge in [-0.15, -0.1) is 0 Å². The lowest BCUT2D eigenvalue weighted by atomic mass is 9.82. The van der Waals surface area contributed by atoms with Gasteiger partial charge in [0, 0.05) is 6.54 Å². The molecule has 1 heterocycles. The molecule has 0 spiro atoms. The lowest BCUT2D eigenvalue weighted by Gasteiger charge is -2.36. The normalized spacial score (nSPS) is 29.5. The third-order valence-electron chi connectivity index (χ3n) is 2.59. The van der Waals surface area contributed by atoms with Gasteiger partial charge in [0.05, 0.1) is 18.0 Å². The fourth-order valence-corrected chi connectivity index (χ4v) is 1.75. The Morgan fingerprint density at radius 3 is 3.00 bits per heavy atom. The number of carboxylic acids is 1. The molecule has 1 rings (SSSR count). The number of hydrogen-bond donors (Lipinski definition) is 1. The molecule has 13 heavy (non-hydrogen) atoms. The molecule has 0 radical (unpaired) electrons. The van der Waals surface area contributed by atoms with E-state index in [9.17, 15) is 4.79 Å². The van der Waals surface area contributed by atoms with Crippen molar-refractivity contribution in [1.29, 1.82) is 5.26 Å². The Morgan fingerprint density at radius 2 is 2.46 bits per heavy atom. The number of aliphatic carboxylic acids is 1. The average Bonchev–Trinajstić information content (AvgIpc) is 2.04. The molecule has 1 aliphatic rings. The molecule has 0 aromatic carbocycles. The van der Waals surface area contributed by atoms with Crippen molar-refractivity contribution in [3.8, 4) is 6.07 Å². The Balaban J connectivity index is 2.61. The smallest absolute Gasteiger partial charge is 0.310 e. The number of rotatable bonds is 2. The van der Waals surface area contributed by atoms with Gasteiger partial charge in [0.15, 0.2) is 0 Å². The molecule has 0 aliphatic carbocycles. The number of nitrogens with zero attached hydrogens (tertiary/aromatic N) is 2. The highest BCUT2D eigenvalue weighted by atomic mass is 16.4. The van der Waals surface area contributed by atoms with E-state index in [4.69, 9.17) is 10.4 Å². The molecule has 0 saturated carbocycles. The summed E-state index contributed by atoms with van der Waals surface area (Å²) in [7, 11) is 0. The fraction of sp³-hybridized carbons (Fsp3) is 0.778. The zero-order valence-corrected chi connectivity index (χ0v) is 7.79. The van der Waals surface area contributed by atoms with Crippen LogP contribution < -0.4 is 0 Å². The fourth-order valence-electron chi connectivity index (χ4n) is 1.75. The lowest BCUT2D eigenvalue weighted by molar-refractivity contribution is -0.151. The second-order valence-corrected chi connectivity index (χ2v) is 3.84. The van der Waals surface area contributed by atoms with E-state index in [0.717, 1.165) is 13.0 Å². The van der Waals surface area contributed by atoms with Crippen LogP contribution in [0.1, 0.15) is 19.8 Å². The quantitative estimate of drug-likeness (QED) is 0.638. The third-order valence-corrected chi connectivity index (χ3v) is 2.59. The Kier molecular flexibility index (Phi) is 2.89. The molecule has 4 nitrogen and oxygen atoms in total. The Hall–Kier alpha value is -1.08. The first-order valence-corrected chi connectivity index (χ1v) is 4.41. The van der Waals surface area contributed by atoms with Crippen molar-refractivity contribution >= 4 is 5.97 Å². The Morgan fingerprint density at radius 1 is 1.77 bits per heavy atom. The maximum atomic E-state index is 10.9. The average molecular weight is 182 g/mol. The SMILES string of the molecule is CC1(C(=O)O)CCCN(CC#N)C1.